The number of rotatable bonds is 2. The lowest BCUT2D eigenvalue weighted by atomic mass is 10.1. The topological polar surface area (TPSA) is 31.2 Å². The molecule has 0 spiro atoms. The zero-order chi connectivity index (χ0) is 9.80. The van der Waals surface area contributed by atoms with E-state index in [4.69, 9.17) is 4.74 Å². The molecule has 0 N–H and O–H groups in total. The van der Waals surface area contributed by atoms with E-state index in [1.165, 1.54) is 12.8 Å². The average molecular weight is 193 g/mol. The van der Waals surface area contributed by atoms with Crippen LogP contribution in [0.25, 0.3) is 0 Å². The maximum absolute atomic E-state index is 10.9. The lowest BCUT2D eigenvalue weighted by Gasteiger charge is -2.23. The van der Waals surface area contributed by atoms with Crippen LogP contribution in [-0.4, -0.2) is 17.3 Å². The third kappa shape index (κ3) is 2.45. The Balaban J connectivity index is 1.96. The largest absolute Gasteiger partial charge is 0.376 e. The molecule has 1 saturated heterocycles. The molecule has 1 aromatic rings. The van der Waals surface area contributed by atoms with Gasteiger partial charge in [0.25, 0.3) is 0 Å². The minimum absolute atomic E-state index is 0.0609. The monoisotopic (exact) mass is 193 g/mol. The summed E-state index contributed by atoms with van der Waals surface area (Å²) in [7, 11) is 0. The fraction of sp³-hybridized carbons (Fsp3) is 0.545. The van der Waals surface area contributed by atoms with Gasteiger partial charge < -0.3 is 9.30 Å². The van der Waals surface area contributed by atoms with Crippen molar-refractivity contribution in [1.29, 1.82) is 0 Å². The van der Waals surface area contributed by atoms with Crippen molar-refractivity contribution in [3.63, 3.8) is 0 Å². The van der Waals surface area contributed by atoms with Gasteiger partial charge in [0, 0.05) is 37.7 Å². The van der Waals surface area contributed by atoms with Crippen molar-refractivity contribution in [1.82, 2.24) is 4.57 Å². The van der Waals surface area contributed by atoms with Crippen molar-refractivity contribution in [2.75, 3.05) is 6.61 Å². The summed E-state index contributed by atoms with van der Waals surface area (Å²) in [6.07, 6.45) is 7.53. The van der Waals surface area contributed by atoms with Gasteiger partial charge in [-0.25, -0.2) is 0 Å². The van der Waals surface area contributed by atoms with E-state index in [1.54, 1.807) is 12.1 Å². The van der Waals surface area contributed by atoms with Crippen LogP contribution in [-0.2, 0) is 11.3 Å². The highest BCUT2D eigenvalue weighted by atomic mass is 16.5. The Labute approximate surface area is 83.3 Å². The van der Waals surface area contributed by atoms with Crippen LogP contribution in [0.15, 0.2) is 29.3 Å². The standard InChI is InChI=1S/C11H15NO2/c13-10-4-6-12(7-5-10)9-11-3-1-2-8-14-11/h4-7,11H,1-3,8-9H2. The molecule has 0 aromatic carbocycles. The summed E-state index contributed by atoms with van der Waals surface area (Å²) in [6, 6.07) is 3.17. The smallest absolute Gasteiger partial charge is 0.181 e. The summed E-state index contributed by atoms with van der Waals surface area (Å²) in [6.45, 7) is 1.74. The van der Waals surface area contributed by atoms with E-state index in [1.807, 2.05) is 17.0 Å². The molecule has 0 aliphatic carbocycles. The molecule has 0 amide bonds. The van der Waals surface area contributed by atoms with Crippen LogP contribution >= 0.6 is 0 Å². The minimum Gasteiger partial charge on any atom is -0.376 e. The summed E-state index contributed by atoms with van der Waals surface area (Å²) in [5.74, 6) is 0. The summed E-state index contributed by atoms with van der Waals surface area (Å²) >= 11 is 0. The molecule has 1 aromatic heterocycles. The molecule has 1 aliphatic rings. The molecule has 1 unspecified atom stereocenters. The quantitative estimate of drug-likeness (QED) is 0.711. The van der Waals surface area contributed by atoms with Crippen molar-refractivity contribution in [3.05, 3.63) is 34.7 Å². The second-order valence-corrected chi connectivity index (χ2v) is 3.72. The van der Waals surface area contributed by atoms with Gasteiger partial charge in [0.2, 0.25) is 0 Å². The van der Waals surface area contributed by atoms with E-state index >= 15 is 0 Å². The normalized spacial score (nSPS) is 22.1. The first-order valence-corrected chi connectivity index (χ1v) is 5.12. The van der Waals surface area contributed by atoms with Gasteiger partial charge in [-0.2, -0.15) is 0 Å². The number of aromatic nitrogens is 1. The van der Waals surface area contributed by atoms with Crippen molar-refractivity contribution in [3.8, 4) is 0 Å². The van der Waals surface area contributed by atoms with E-state index in [0.717, 1.165) is 19.6 Å². The van der Waals surface area contributed by atoms with Gasteiger partial charge in [-0.05, 0) is 19.3 Å². The summed E-state index contributed by atoms with van der Waals surface area (Å²) in [4.78, 5) is 10.9. The fourth-order valence-electron chi connectivity index (χ4n) is 1.75. The number of hydrogen-bond acceptors (Lipinski definition) is 2. The van der Waals surface area contributed by atoms with Crippen LogP contribution in [0.3, 0.4) is 0 Å². The van der Waals surface area contributed by atoms with E-state index in [0.29, 0.717) is 6.10 Å². The Morgan fingerprint density at radius 3 is 2.79 bits per heavy atom. The molecule has 0 radical (unpaired) electrons. The third-order valence-corrected chi connectivity index (χ3v) is 2.55. The number of hydrogen-bond donors (Lipinski definition) is 0. The molecule has 0 bridgehead atoms. The van der Waals surface area contributed by atoms with Crippen LogP contribution in [0.1, 0.15) is 19.3 Å². The second kappa shape index (κ2) is 4.42. The molecular weight excluding hydrogens is 178 g/mol. The molecule has 76 valence electrons. The second-order valence-electron chi connectivity index (χ2n) is 3.72. The van der Waals surface area contributed by atoms with Gasteiger partial charge in [-0.3, -0.25) is 4.79 Å². The maximum atomic E-state index is 10.9. The first-order valence-electron chi connectivity index (χ1n) is 5.12. The van der Waals surface area contributed by atoms with Gasteiger partial charge >= 0.3 is 0 Å². The summed E-state index contributed by atoms with van der Waals surface area (Å²) in [5.41, 5.74) is 0.0609. The predicted octanol–water partition coefficient (Wildman–Crippen LogP) is 1.42. The molecule has 0 saturated carbocycles. The Kier molecular flexibility index (Phi) is 2.99. The molecule has 2 rings (SSSR count). The molecule has 2 heterocycles. The summed E-state index contributed by atoms with van der Waals surface area (Å²) in [5, 5.41) is 0. The first kappa shape index (κ1) is 9.46. The van der Waals surface area contributed by atoms with Crippen LogP contribution in [0.4, 0.5) is 0 Å². The molecular formula is C11H15NO2. The van der Waals surface area contributed by atoms with Crippen LogP contribution in [0, 0.1) is 0 Å². The highest BCUT2D eigenvalue weighted by Crippen LogP contribution is 2.13. The lowest BCUT2D eigenvalue weighted by Crippen LogP contribution is -2.24. The lowest BCUT2D eigenvalue weighted by molar-refractivity contribution is 0.00590. The van der Waals surface area contributed by atoms with E-state index in [9.17, 15) is 4.79 Å². The Hall–Kier alpha value is -1.09. The summed E-state index contributed by atoms with van der Waals surface area (Å²) < 4.78 is 7.62. The Morgan fingerprint density at radius 2 is 2.14 bits per heavy atom. The number of pyridine rings is 1. The molecule has 1 aliphatic heterocycles. The van der Waals surface area contributed by atoms with Crippen molar-refractivity contribution in [2.45, 2.75) is 31.9 Å². The van der Waals surface area contributed by atoms with Crippen molar-refractivity contribution >= 4 is 0 Å². The molecule has 1 fully saturated rings. The van der Waals surface area contributed by atoms with Crippen LogP contribution in [0.2, 0.25) is 0 Å². The highest BCUT2D eigenvalue weighted by molar-refractivity contribution is 4.93. The molecule has 3 heteroatoms. The number of nitrogens with zero attached hydrogens (tertiary/aromatic N) is 1. The average Bonchev–Trinajstić information content (AvgIpc) is 2.23. The number of ether oxygens (including phenoxy) is 1. The van der Waals surface area contributed by atoms with Gasteiger partial charge in [0.15, 0.2) is 5.43 Å². The Bertz CT molecular complexity index is 319. The van der Waals surface area contributed by atoms with Gasteiger partial charge in [0.05, 0.1) is 6.10 Å². The van der Waals surface area contributed by atoms with Crippen LogP contribution < -0.4 is 5.43 Å². The zero-order valence-electron chi connectivity index (χ0n) is 8.19. The Morgan fingerprint density at radius 1 is 1.36 bits per heavy atom. The van der Waals surface area contributed by atoms with Gasteiger partial charge in [-0.1, -0.05) is 0 Å². The van der Waals surface area contributed by atoms with E-state index in [-0.39, 0.29) is 5.43 Å². The van der Waals surface area contributed by atoms with Crippen molar-refractivity contribution < 1.29 is 4.74 Å². The zero-order valence-corrected chi connectivity index (χ0v) is 8.19. The predicted molar refractivity (Wildman–Crippen MR) is 54.3 cm³/mol. The van der Waals surface area contributed by atoms with Gasteiger partial charge in [0.1, 0.15) is 0 Å². The van der Waals surface area contributed by atoms with E-state index < -0.39 is 0 Å². The third-order valence-electron chi connectivity index (χ3n) is 2.55. The fourth-order valence-corrected chi connectivity index (χ4v) is 1.75. The SMILES string of the molecule is O=c1ccn(CC2CCCCO2)cc1. The maximum Gasteiger partial charge on any atom is 0.181 e. The first-order chi connectivity index (χ1) is 6.84. The van der Waals surface area contributed by atoms with Gasteiger partial charge in [-0.15, -0.1) is 0 Å². The molecule has 1 atom stereocenters. The van der Waals surface area contributed by atoms with Crippen molar-refractivity contribution in [2.24, 2.45) is 0 Å². The highest BCUT2D eigenvalue weighted by Gasteiger charge is 2.13. The van der Waals surface area contributed by atoms with Crippen LogP contribution in [0.5, 0.6) is 0 Å². The minimum atomic E-state index is 0.0609. The molecule has 14 heavy (non-hydrogen) atoms. The molecule has 3 nitrogen and oxygen atoms in total. The van der Waals surface area contributed by atoms with E-state index in [2.05, 4.69) is 0 Å².